The smallest absolute Gasteiger partial charge is 0.344 e. The number of ether oxygens (including phenoxy) is 4. The first kappa shape index (κ1) is 28.3. The Morgan fingerprint density at radius 3 is 2.54 bits per heavy atom. The Kier molecular flexibility index (Phi) is 9.03. The highest BCUT2D eigenvalue weighted by Crippen LogP contribution is 2.37. The number of allylic oxidation sites excluding steroid dienone is 1. The number of methoxy groups -OCH3 is 2. The molecule has 1 aliphatic rings. The van der Waals surface area contributed by atoms with Gasteiger partial charge in [-0.25, -0.2) is 14.6 Å². The van der Waals surface area contributed by atoms with E-state index in [2.05, 4.69) is 20.9 Å². The van der Waals surface area contributed by atoms with E-state index in [9.17, 15) is 14.4 Å². The topological polar surface area (TPSA) is 105 Å². The van der Waals surface area contributed by atoms with Crippen LogP contribution in [0.25, 0.3) is 6.08 Å². The summed E-state index contributed by atoms with van der Waals surface area (Å²) in [6.45, 7) is 3.60. The summed E-state index contributed by atoms with van der Waals surface area (Å²) in [4.78, 5) is 43.6. The summed E-state index contributed by atoms with van der Waals surface area (Å²) in [6, 6.07) is 12.1. The summed E-state index contributed by atoms with van der Waals surface area (Å²) in [5, 5.41) is 0. The van der Waals surface area contributed by atoms with Gasteiger partial charge < -0.3 is 18.9 Å². The second-order valence-corrected chi connectivity index (χ2v) is 10.2. The van der Waals surface area contributed by atoms with Crippen LogP contribution in [0, 0.1) is 0 Å². The molecule has 0 unspecified atom stereocenters. The second-order valence-electron chi connectivity index (χ2n) is 8.33. The van der Waals surface area contributed by atoms with Crippen LogP contribution in [0.5, 0.6) is 11.5 Å². The minimum absolute atomic E-state index is 0.253. The van der Waals surface area contributed by atoms with E-state index in [0.29, 0.717) is 48.6 Å². The van der Waals surface area contributed by atoms with Crippen LogP contribution in [-0.4, -0.2) is 43.9 Å². The predicted molar refractivity (Wildman–Crippen MR) is 150 cm³/mol. The molecular weight excluding hydrogens is 588 g/mol. The number of hydrogen-bond donors (Lipinski definition) is 0. The van der Waals surface area contributed by atoms with Crippen LogP contribution in [0.3, 0.4) is 0 Å². The fraction of sp³-hybridized carbons (Fsp3) is 0.286. The first-order chi connectivity index (χ1) is 18.8. The SMILES string of the molecule is CCOC(=O)COc1c(Br)cc(/C=c2\sc3n(c2=O)[C@@H](c2ccccc2)C(C(=O)OC)=C(CC)N=3)cc1OC. The number of carbonyl (C=O) groups is 2. The molecule has 1 aromatic heterocycles. The number of aromatic nitrogens is 1. The normalized spacial score (nSPS) is 14.9. The highest BCUT2D eigenvalue weighted by atomic mass is 79.9. The second kappa shape index (κ2) is 12.4. The number of halogens is 1. The lowest BCUT2D eigenvalue weighted by atomic mass is 9.95. The number of esters is 2. The van der Waals surface area contributed by atoms with Crippen LogP contribution in [0.1, 0.15) is 37.4 Å². The number of thiazole rings is 1. The van der Waals surface area contributed by atoms with Crippen molar-refractivity contribution in [3.63, 3.8) is 0 Å². The summed E-state index contributed by atoms with van der Waals surface area (Å²) < 4.78 is 23.6. The highest BCUT2D eigenvalue weighted by molar-refractivity contribution is 9.10. The van der Waals surface area contributed by atoms with E-state index in [1.165, 1.54) is 25.6 Å². The number of fused-ring (bicyclic) bond motifs is 1. The molecule has 11 heteroatoms. The van der Waals surface area contributed by atoms with Crippen molar-refractivity contribution in [2.75, 3.05) is 27.4 Å². The zero-order valence-electron chi connectivity index (χ0n) is 21.9. The molecule has 0 amide bonds. The predicted octanol–water partition coefficient (Wildman–Crippen LogP) is 3.51. The first-order valence-corrected chi connectivity index (χ1v) is 13.8. The number of carbonyl (C=O) groups excluding carboxylic acids is 2. The summed E-state index contributed by atoms with van der Waals surface area (Å²) >= 11 is 4.70. The van der Waals surface area contributed by atoms with Gasteiger partial charge in [0.1, 0.15) is 0 Å². The van der Waals surface area contributed by atoms with Crippen LogP contribution in [0.15, 0.2) is 68.0 Å². The zero-order chi connectivity index (χ0) is 28.1. The van der Waals surface area contributed by atoms with E-state index in [4.69, 9.17) is 18.9 Å². The molecule has 0 saturated carbocycles. The van der Waals surface area contributed by atoms with Crippen molar-refractivity contribution in [3.05, 3.63) is 89.0 Å². The molecule has 0 radical (unpaired) electrons. The van der Waals surface area contributed by atoms with Crippen molar-refractivity contribution in [1.82, 2.24) is 4.57 Å². The van der Waals surface area contributed by atoms with Crippen molar-refractivity contribution in [2.45, 2.75) is 26.3 Å². The molecule has 2 aromatic carbocycles. The minimum atomic E-state index is -0.674. The summed E-state index contributed by atoms with van der Waals surface area (Å²) in [5.41, 5.74) is 2.07. The van der Waals surface area contributed by atoms with Gasteiger partial charge in [-0.3, -0.25) is 9.36 Å². The fourth-order valence-corrected chi connectivity index (χ4v) is 5.86. The maximum Gasteiger partial charge on any atom is 0.344 e. The fourth-order valence-electron chi connectivity index (χ4n) is 4.26. The average Bonchev–Trinajstić information content (AvgIpc) is 3.25. The zero-order valence-corrected chi connectivity index (χ0v) is 24.3. The molecule has 0 spiro atoms. The van der Waals surface area contributed by atoms with Crippen molar-refractivity contribution < 1.29 is 28.5 Å². The molecule has 1 atom stereocenters. The molecule has 0 fully saturated rings. The van der Waals surface area contributed by atoms with Gasteiger partial charge in [0.15, 0.2) is 22.9 Å². The first-order valence-electron chi connectivity index (χ1n) is 12.2. The van der Waals surface area contributed by atoms with Crippen molar-refractivity contribution in [2.24, 2.45) is 4.99 Å². The summed E-state index contributed by atoms with van der Waals surface area (Å²) in [5.74, 6) is -0.312. The number of rotatable bonds is 9. The lowest BCUT2D eigenvalue weighted by Gasteiger charge is -2.25. The van der Waals surface area contributed by atoms with Gasteiger partial charge in [-0.2, -0.15) is 0 Å². The number of hydrogen-bond acceptors (Lipinski definition) is 9. The third-order valence-electron chi connectivity index (χ3n) is 5.95. The molecule has 204 valence electrons. The van der Waals surface area contributed by atoms with Gasteiger partial charge in [-0.1, -0.05) is 48.6 Å². The Morgan fingerprint density at radius 1 is 1.15 bits per heavy atom. The van der Waals surface area contributed by atoms with Crippen molar-refractivity contribution >= 4 is 45.3 Å². The maximum absolute atomic E-state index is 13.8. The van der Waals surface area contributed by atoms with E-state index < -0.39 is 18.0 Å². The third kappa shape index (κ3) is 5.84. The molecular formula is C28H27BrN2O7S. The van der Waals surface area contributed by atoms with Crippen LogP contribution in [-0.2, 0) is 19.1 Å². The Hall–Kier alpha value is -3.70. The molecule has 1 aliphatic heterocycles. The summed E-state index contributed by atoms with van der Waals surface area (Å²) in [6.07, 6.45) is 2.22. The standard InChI is InChI=1S/C28H27BrN2O7S/c1-5-19-23(27(34)36-4)24(17-10-8-7-9-11-17)31-26(33)21(39-28(31)30-19)14-16-12-18(29)25(20(13-16)35-3)38-15-22(32)37-6-2/h7-14,24H,5-6,15H2,1-4H3/b21-14-/t24-/m0/s1. The Bertz CT molecular complexity index is 1610. The van der Waals surface area contributed by atoms with E-state index in [0.717, 1.165) is 5.56 Å². The van der Waals surface area contributed by atoms with E-state index >= 15 is 0 Å². The van der Waals surface area contributed by atoms with E-state index in [1.54, 1.807) is 29.7 Å². The molecule has 0 N–H and O–H groups in total. The van der Waals surface area contributed by atoms with Gasteiger partial charge in [-0.15, -0.1) is 0 Å². The van der Waals surface area contributed by atoms with Gasteiger partial charge >= 0.3 is 11.9 Å². The number of benzene rings is 2. The molecule has 3 aromatic rings. The van der Waals surface area contributed by atoms with Gasteiger partial charge in [0.2, 0.25) is 0 Å². The van der Waals surface area contributed by atoms with Gasteiger partial charge in [0.05, 0.1) is 47.1 Å². The number of nitrogens with zero attached hydrogens (tertiary/aromatic N) is 2. The van der Waals surface area contributed by atoms with E-state index in [1.807, 2.05) is 37.3 Å². The quantitative estimate of drug-likeness (QED) is 0.340. The molecule has 9 nitrogen and oxygen atoms in total. The molecule has 4 rings (SSSR count). The molecule has 39 heavy (non-hydrogen) atoms. The molecule has 0 bridgehead atoms. The lowest BCUT2D eigenvalue weighted by molar-refractivity contribution is -0.145. The third-order valence-corrected chi connectivity index (χ3v) is 7.53. The van der Waals surface area contributed by atoms with Crippen molar-refractivity contribution in [1.29, 1.82) is 0 Å². The lowest BCUT2D eigenvalue weighted by Crippen LogP contribution is -2.40. The van der Waals surface area contributed by atoms with Crippen molar-refractivity contribution in [3.8, 4) is 11.5 Å². The van der Waals surface area contributed by atoms with Gasteiger partial charge in [0.25, 0.3) is 5.56 Å². The largest absolute Gasteiger partial charge is 0.493 e. The van der Waals surface area contributed by atoms with Gasteiger partial charge in [0, 0.05) is 0 Å². The average molecular weight is 616 g/mol. The van der Waals surface area contributed by atoms with Crippen LogP contribution >= 0.6 is 27.3 Å². The van der Waals surface area contributed by atoms with Crippen LogP contribution in [0.4, 0.5) is 0 Å². The Balaban J connectivity index is 1.84. The maximum atomic E-state index is 13.8. The highest BCUT2D eigenvalue weighted by Gasteiger charge is 2.33. The Labute approximate surface area is 237 Å². The monoisotopic (exact) mass is 614 g/mol. The summed E-state index contributed by atoms with van der Waals surface area (Å²) in [7, 11) is 2.80. The Morgan fingerprint density at radius 2 is 1.90 bits per heavy atom. The van der Waals surface area contributed by atoms with E-state index in [-0.39, 0.29) is 18.8 Å². The molecule has 0 aliphatic carbocycles. The van der Waals surface area contributed by atoms with Crippen LogP contribution in [0.2, 0.25) is 0 Å². The minimum Gasteiger partial charge on any atom is -0.493 e. The molecule has 0 saturated heterocycles. The van der Waals surface area contributed by atoms with Crippen LogP contribution < -0.4 is 24.4 Å². The van der Waals surface area contributed by atoms with Gasteiger partial charge in [-0.05, 0) is 58.6 Å². The molecule has 2 heterocycles.